The molecule has 1 aliphatic rings. The Morgan fingerprint density at radius 1 is 1.12 bits per heavy atom. The highest BCUT2D eigenvalue weighted by Crippen LogP contribution is 2.27. The normalized spacial score (nSPS) is 16.4. The van der Waals surface area contributed by atoms with Crippen molar-refractivity contribution >= 4 is 17.6 Å². The van der Waals surface area contributed by atoms with E-state index in [1.807, 2.05) is 96.7 Å². The van der Waals surface area contributed by atoms with Crippen LogP contribution in [0, 0.1) is 25.3 Å². The molecule has 1 saturated heterocycles. The topological polar surface area (TPSA) is 89.5 Å². The highest BCUT2D eigenvalue weighted by molar-refractivity contribution is 5.85. The summed E-state index contributed by atoms with van der Waals surface area (Å²) in [7, 11) is 0. The Morgan fingerprint density at radius 3 is 2.58 bits per heavy atom. The molecule has 8 nitrogen and oxygen atoms in total. The van der Waals surface area contributed by atoms with Gasteiger partial charge in [-0.05, 0) is 37.1 Å². The molecular formula is C25H27N7O. The molecule has 3 aromatic rings. The van der Waals surface area contributed by atoms with Crippen molar-refractivity contribution in [2.75, 3.05) is 19.6 Å². The summed E-state index contributed by atoms with van der Waals surface area (Å²) in [6, 6.07) is 19.5. The minimum absolute atomic E-state index is 0.0113. The number of nitrogens with one attached hydrogen (secondary N) is 1. The van der Waals surface area contributed by atoms with E-state index in [9.17, 15) is 10.1 Å². The molecule has 1 fully saturated rings. The first-order valence-electron chi connectivity index (χ1n) is 10.9. The van der Waals surface area contributed by atoms with E-state index in [0.29, 0.717) is 25.6 Å². The second-order valence-electron chi connectivity index (χ2n) is 8.07. The summed E-state index contributed by atoms with van der Waals surface area (Å²) in [5, 5.41) is 16.5. The number of carbonyl (C=O) groups excluding carboxylic acids is 1. The standard InChI is InChI=1S/C25H27N7O/c1-19-8-6-7-11-22(19)28-25(27-18-26)30-14-15-32(23(16-30)21-9-4-3-5-10-21)24(33)17-31-13-12-20(2)29-31/h3-13,23H,14-17H2,1-2H3,(H,27,28). The maximum Gasteiger partial charge on any atom is 0.244 e. The van der Waals surface area contributed by atoms with E-state index in [1.165, 1.54) is 0 Å². The van der Waals surface area contributed by atoms with Crippen LogP contribution in [0.15, 0.2) is 71.9 Å². The van der Waals surface area contributed by atoms with Gasteiger partial charge in [-0.3, -0.25) is 14.8 Å². The number of aryl methyl sites for hydroxylation is 2. The molecule has 8 heteroatoms. The monoisotopic (exact) mass is 441 g/mol. The molecule has 1 aliphatic heterocycles. The van der Waals surface area contributed by atoms with Crippen LogP contribution in [0.2, 0.25) is 0 Å². The van der Waals surface area contributed by atoms with Crippen LogP contribution in [-0.2, 0) is 11.3 Å². The van der Waals surface area contributed by atoms with Gasteiger partial charge in [-0.1, -0.05) is 48.5 Å². The maximum absolute atomic E-state index is 13.2. The lowest BCUT2D eigenvalue weighted by atomic mass is 10.0. The molecule has 1 unspecified atom stereocenters. The van der Waals surface area contributed by atoms with E-state index in [4.69, 9.17) is 4.99 Å². The molecule has 1 aromatic heterocycles. The van der Waals surface area contributed by atoms with Crippen LogP contribution in [0.5, 0.6) is 0 Å². The van der Waals surface area contributed by atoms with Crippen LogP contribution >= 0.6 is 0 Å². The third-order valence-corrected chi connectivity index (χ3v) is 5.77. The SMILES string of the molecule is Cc1ccn(CC(=O)N2CCN(C(=Nc3ccccc3C)NC#N)CC2c2ccccc2)n1. The zero-order valence-electron chi connectivity index (χ0n) is 18.8. The highest BCUT2D eigenvalue weighted by Gasteiger charge is 2.33. The van der Waals surface area contributed by atoms with Gasteiger partial charge in [-0.2, -0.15) is 10.4 Å². The highest BCUT2D eigenvalue weighted by atomic mass is 16.2. The van der Waals surface area contributed by atoms with Gasteiger partial charge in [-0.25, -0.2) is 4.99 Å². The summed E-state index contributed by atoms with van der Waals surface area (Å²) < 4.78 is 1.67. The van der Waals surface area contributed by atoms with Crippen molar-refractivity contribution in [1.82, 2.24) is 24.9 Å². The number of para-hydroxylation sites is 1. The number of hydrogen-bond acceptors (Lipinski definition) is 4. The summed E-state index contributed by atoms with van der Waals surface area (Å²) in [6.07, 6.45) is 3.84. The van der Waals surface area contributed by atoms with Crippen molar-refractivity contribution in [2.24, 2.45) is 4.99 Å². The summed E-state index contributed by atoms with van der Waals surface area (Å²) in [5.41, 5.74) is 3.75. The number of nitrogens with zero attached hydrogens (tertiary/aromatic N) is 6. The van der Waals surface area contributed by atoms with E-state index in [2.05, 4.69) is 10.4 Å². The average Bonchev–Trinajstić information content (AvgIpc) is 3.24. The lowest BCUT2D eigenvalue weighted by molar-refractivity contribution is -0.136. The first-order valence-corrected chi connectivity index (χ1v) is 10.9. The van der Waals surface area contributed by atoms with Gasteiger partial charge in [0.1, 0.15) is 6.54 Å². The first-order chi connectivity index (χ1) is 16.0. The summed E-state index contributed by atoms with van der Waals surface area (Å²) >= 11 is 0. The number of hydrogen-bond donors (Lipinski definition) is 1. The molecule has 33 heavy (non-hydrogen) atoms. The molecule has 0 bridgehead atoms. The predicted octanol–water partition coefficient (Wildman–Crippen LogP) is 3.14. The molecule has 2 heterocycles. The Labute approximate surface area is 193 Å². The molecule has 0 aliphatic carbocycles. The number of carbonyl (C=O) groups is 1. The van der Waals surface area contributed by atoms with Crippen LogP contribution in [0.3, 0.4) is 0 Å². The largest absolute Gasteiger partial charge is 0.338 e. The first kappa shape index (κ1) is 22.1. The molecule has 168 valence electrons. The van der Waals surface area contributed by atoms with E-state index in [-0.39, 0.29) is 18.5 Å². The number of piperazine rings is 1. The minimum atomic E-state index is -0.174. The molecule has 1 N–H and O–H groups in total. The van der Waals surface area contributed by atoms with Crippen molar-refractivity contribution in [3.8, 4) is 6.19 Å². The molecule has 0 radical (unpaired) electrons. The molecular weight excluding hydrogens is 414 g/mol. The fourth-order valence-corrected chi connectivity index (χ4v) is 4.05. The Morgan fingerprint density at radius 2 is 1.88 bits per heavy atom. The Hall–Kier alpha value is -4.12. The van der Waals surface area contributed by atoms with Crippen LogP contribution in [0.1, 0.15) is 22.9 Å². The molecule has 1 amide bonds. The fourth-order valence-electron chi connectivity index (χ4n) is 4.05. The lowest BCUT2D eigenvalue weighted by Crippen LogP contribution is -2.55. The van der Waals surface area contributed by atoms with E-state index in [0.717, 1.165) is 22.5 Å². The number of amides is 1. The Balaban J connectivity index is 1.61. The van der Waals surface area contributed by atoms with Crippen LogP contribution < -0.4 is 5.32 Å². The van der Waals surface area contributed by atoms with Crippen LogP contribution in [0.4, 0.5) is 5.69 Å². The molecule has 4 rings (SSSR count). The van der Waals surface area contributed by atoms with Gasteiger partial charge in [0, 0.05) is 25.8 Å². The van der Waals surface area contributed by atoms with Gasteiger partial charge in [-0.15, -0.1) is 0 Å². The van der Waals surface area contributed by atoms with Crippen molar-refractivity contribution in [1.29, 1.82) is 5.26 Å². The van der Waals surface area contributed by atoms with Gasteiger partial charge >= 0.3 is 0 Å². The number of benzene rings is 2. The second-order valence-corrected chi connectivity index (χ2v) is 8.07. The zero-order chi connectivity index (χ0) is 23.2. The summed E-state index contributed by atoms with van der Waals surface area (Å²) in [5.74, 6) is 0.500. The molecule has 2 aromatic carbocycles. The van der Waals surface area contributed by atoms with E-state index < -0.39 is 0 Å². The lowest BCUT2D eigenvalue weighted by Gasteiger charge is -2.42. The minimum Gasteiger partial charge on any atom is -0.338 e. The third kappa shape index (κ3) is 5.21. The number of rotatable bonds is 4. The predicted molar refractivity (Wildman–Crippen MR) is 126 cm³/mol. The maximum atomic E-state index is 13.2. The van der Waals surface area contributed by atoms with Crippen molar-refractivity contribution in [2.45, 2.75) is 26.4 Å². The van der Waals surface area contributed by atoms with Crippen molar-refractivity contribution in [3.05, 3.63) is 83.7 Å². The van der Waals surface area contributed by atoms with Crippen LogP contribution in [0.25, 0.3) is 0 Å². The third-order valence-electron chi connectivity index (χ3n) is 5.77. The Bertz CT molecular complexity index is 1180. The Kier molecular flexibility index (Phi) is 6.69. The quantitative estimate of drug-likeness (QED) is 0.291. The zero-order valence-corrected chi connectivity index (χ0v) is 18.8. The van der Waals surface area contributed by atoms with Gasteiger partial charge in [0.05, 0.1) is 17.4 Å². The van der Waals surface area contributed by atoms with Gasteiger partial charge in [0.2, 0.25) is 11.9 Å². The number of aromatic nitrogens is 2. The number of guanidine groups is 1. The van der Waals surface area contributed by atoms with Gasteiger partial charge in [0.25, 0.3) is 0 Å². The van der Waals surface area contributed by atoms with Crippen LogP contribution in [-0.4, -0.2) is 51.1 Å². The number of nitriles is 1. The van der Waals surface area contributed by atoms with Crippen molar-refractivity contribution < 1.29 is 4.79 Å². The van der Waals surface area contributed by atoms with Crippen molar-refractivity contribution in [3.63, 3.8) is 0 Å². The van der Waals surface area contributed by atoms with E-state index >= 15 is 0 Å². The molecule has 1 atom stereocenters. The molecule has 0 saturated carbocycles. The summed E-state index contributed by atoms with van der Waals surface area (Å²) in [4.78, 5) is 21.9. The number of aliphatic imine (C=N–C) groups is 1. The van der Waals surface area contributed by atoms with E-state index in [1.54, 1.807) is 4.68 Å². The van der Waals surface area contributed by atoms with Gasteiger partial charge in [0.15, 0.2) is 6.19 Å². The summed E-state index contributed by atoms with van der Waals surface area (Å²) in [6.45, 7) is 5.68. The molecule has 0 spiro atoms. The fraction of sp³-hybridized carbons (Fsp3) is 0.280. The van der Waals surface area contributed by atoms with Gasteiger partial charge < -0.3 is 9.80 Å². The smallest absolute Gasteiger partial charge is 0.244 e. The average molecular weight is 442 g/mol. The second kappa shape index (κ2) is 10.0.